The molecule has 0 bridgehead atoms. The Balaban J connectivity index is 0.00000280. The van der Waals surface area contributed by atoms with Crippen LogP contribution in [0.4, 0.5) is 5.69 Å². The summed E-state index contributed by atoms with van der Waals surface area (Å²) >= 11 is 0. The molecular formula is C20H25ClN2O4S. The predicted octanol–water partition coefficient (Wildman–Crippen LogP) is 3.63. The second-order valence-corrected chi connectivity index (χ2v) is 8.83. The van der Waals surface area contributed by atoms with Crippen LogP contribution in [-0.2, 0) is 14.6 Å². The van der Waals surface area contributed by atoms with E-state index in [-0.39, 0.29) is 23.2 Å². The predicted molar refractivity (Wildman–Crippen MR) is 112 cm³/mol. The first-order valence-electron chi connectivity index (χ1n) is 8.99. The lowest BCUT2D eigenvalue weighted by Gasteiger charge is -2.10. The average Bonchev–Trinajstić information content (AvgIpc) is 3.15. The van der Waals surface area contributed by atoms with Gasteiger partial charge in [-0.25, -0.2) is 8.42 Å². The number of sulfone groups is 1. The minimum atomic E-state index is -3.22. The molecule has 6 nitrogen and oxygen atoms in total. The van der Waals surface area contributed by atoms with Crippen molar-refractivity contribution in [2.24, 2.45) is 5.92 Å². The van der Waals surface area contributed by atoms with Crippen LogP contribution < -0.4 is 15.4 Å². The van der Waals surface area contributed by atoms with E-state index in [1.165, 1.54) is 18.4 Å². The van der Waals surface area contributed by atoms with Gasteiger partial charge in [-0.15, -0.1) is 12.4 Å². The van der Waals surface area contributed by atoms with Crippen LogP contribution in [0.2, 0.25) is 0 Å². The molecule has 1 aliphatic rings. The van der Waals surface area contributed by atoms with Crippen molar-refractivity contribution in [2.45, 2.75) is 24.2 Å². The van der Waals surface area contributed by atoms with Crippen LogP contribution in [0.5, 0.6) is 11.5 Å². The van der Waals surface area contributed by atoms with Gasteiger partial charge in [-0.05, 0) is 80.4 Å². The molecule has 1 atom stereocenters. The van der Waals surface area contributed by atoms with Crippen LogP contribution in [0, 0.1) is 5.92 Å². The zero-order valence-corrected chi connectivity index (χ0v) is 17.3. The molecule has 0 saturated carbocycles. The third-order valence-corrected chi connectivity index (χ3v) is 5.70. The fraction of sp³-hybridized carbons (Fsp3) is 0.350. The standard InChI is InChI=1S/C20H24N2O4S.ClH/c1-27(24,25)19-9-7-18(8-10-19)26-17-5-3-16(4-6-17)22-20(23)11-2-15-12-13-21-14-15;/h3-10,15,21H,2,11-14H2,1H3,(H,22,23);1H. The monoisotopic (exact) mass is 424 g/mol. The van der Waals surface area contributed by atoms with Crippen molar-refractivity contribution in [1.82, 2.24) is 5.32 Å². The average molecular weight is 425 g/mol. The van der Waals surface area contributed by atoms with Crippen LogP contribution in [0.25, 0.3) is 0 Å². The minimum absolute atomic E-state index is 0. The molecule has 3 rings (SSSR count). The number of halogens is 1. The zero-order valence-electron chi connectivity index (χ0n) is 15.7. The number of amides is 1. The minimum Gasteiger partial charge on any atom is -0.457 e. The van der Waals surface area contributed by atoms with Crippen LogP contribution in [0.15, 0.2) is 53.4 Å². The lowest BCUT2D eigenvalue weighted by atomic mass is 10.0. The van der Waals surface area contributed by atoms with E-state index in [0.29, 0.717) is 23.8 Å². The van der Waals surface area contributed by atoms with Gasteiger partial charge in [-0.3, -0.25) is 4.79 Å². The van der Waals surface area contributed by atoms with Gasteiger partial charge < -0.3 is 15.4 Å². The summed E-state index contributed by atoms with van der Waals surface area (Å²) in [7, 11) is -3.22. The molecule has 1 unspecified atom stereocenters. The van der Waals surface area contributed by atoms with E-state index in [1.54, 1.807) is 36.4 Å². The van der Waals surface area contributed by atoms with Crippen LogP contribution in [0.3, 0.4) is 0 Å². The number of hydrogen-bond acceptors (Lipinski definition) is 5. The van der Waals surface area contributed by atoms with E-state index in [2.05, 4.69) is 10.6 Å². The Morgan fingerprint density at radius 1 is 1.11 bits per heavy atom. The van der Waals surface area contributed by atoms with Crippen molar-refractivity contribution in [3.63, 3.8) is 0 Å². The molecule has 1 heterocycles. The van der Waals surface area contributed by atoms with E-state index < -0.39 is 9.84 Å². The van der Waals surface area contributed by atoms with Gasteiger partial charge in [0.15, 0.2) is 9.84 Å². The van der Waals surface area contributed by atoms with Crippen LogP contribution in [-0.4, -0.2) is 33.7 Å². The van der Waals surface area contributed by atoms with E-state index in [1.807, 2.05) is 0 Å². The highest BCUT2D eigenvalue weighted by atomic mass is 35.5. The quantitative estimate of drug-likeness (QED) is 0.708. The number of anilines is 1. The number of benzene rings is 2. The number of nitrogens with one attached hydrogen (secondary N) is 2. The molecule has 0 spiro atoms. The topological polar surface area (TPSA) is 84.5 Å². The van der Waals surface area contributed by atoms with Crippen LogP contribution in [0.1, 0.15) is 19.3 Å². The summed E-state index contributed by atoms with van der Waals surface area (Å²) in [5.74, 6) is 1.77. The van der Waals surface area contributed by atoms with Gasteiger partial charge in [-0.1, -0.05) is 0 Å². The molecule has 2 N–H and O–H groups in total. The van der Waals surface area contributed by atoms with Crippen molar-refractivity contribution in [1.29, 1.82) is 0 Å². The number of ether oxygens (including phenoxy) is 1. The van der Waals surface area contributed by atoms with Gasteiger partial charge in [0.2, 0.25) is 5.91 Å². The first kappa shape index (κ1) is 22.2. The Hall–Kier alpha value is -2.09. The Morgan fingerprint density at radius 3 is 2.25 bits per heavy atom. The highest BCUT2D eigenvalue weighted by Crippen LogP contribution is 2.24. The molecule has 1 amide bonds. The molecular weight excluding hydrogens is 400 g/mol. The first-order valence-corrected chi connectivity index (χ1v) is 10.9. The Kier molecular flexibility index (Phi) is 7.86. The first-order chi connectivity index (χ1) is 12.9. The largest absolute Gasteiger partial charge is 0.457 e. The number of hydrogen-bond donors (Lipinski definition) is 2. The Bertz CT molecular complexity index is 877. The van der Waals surface area contributed by atoms with E-state index >= 15 is 0 Å². The van der Waals surface area contributed by atoms with Gasteiger partial charge in [0, 0.05) is 18.4 Å². The Morgan fingerprint density at radius 2 is 1.71 bits per heavy atom. The summed E-state index contributed by atoms with van der Waals surface area (Å²) < 4.78 is 28.6. The van der Waals surface area contributed by atoms with Gasteiger partial charge in [-0.2, -0.15) is 0 Å². The highest BCUT2D eigenvalue weighted by molar-refractivity contribution is 7.90. The van der Waals surface area contributed by atoms with Gasteiger partial charge in [0.1, 0.15) is 11.5 Å². The molecule has 152 valence electrons. The molecule has 1 saturated heterocycles. The molecule has 2 aromatic rings. The summed E-state index contributed by atoms with van der Waals surface area (Å²) in [5, 5.41) is 6.21. The van der Waals surface area contributed by atoms with Crippen LogP contribution >= 0.6 is 12.4 Å². The molecule has 0 radical (unpaired) electrons. The number of rotatable bonds is 7. The summed E-state index contributed by atoms with van der Waals surface area (Å²) in [6.07, 6.45) is 3.74. The maximum Gasteiger partial charge on any atom is 0.224 e. The van der Waals surface area contributed by atoms with Crippen molar-refractivity contribution in [2.75, 3.05) is 24.7 Å². The zero-order chi connectivity index (χ0) is 19.3. The lowest BCUT2D eigenvalue weighted by Crippen LogP contribution is -2.14. The summed E-state index contributed by atoms with van der Waals surface area (Å²) in [4.78, 5) is 12.3. The maximum absolute atomic E-state index is 12.0. The van der Waals surface area contributed by atoms with Crippen molar-refractivity contribution < 1.29 is 17.9 Å². The second kappa shape index (κ2) is 9.91. The van der Waals surface area contributed by atoms with Gasteiger partial charge in [0.25, 0.3) is 0 Å². The van der Waals surface area contributed by atoms with Gasteiger partial charge >= 0.3 is 0 Å². The molecule has 1 aliphatic heterocycles. The molecule has 8 heteroatoms. The molecule has 2 aromatic carbocycles. The molecule has 1 fully saturated rings. The lowest BCUT2D eigenvalue weighted by molar-refractivity contribution is -0.116. The third-order valence-electron chi connectivity index (χ3n) is 4.57. The van der Waals surface area contributed by atoms with Crippen molar-refractivity contribution >= 4 is 33.8 Å². The third kappa shape index (κ3) is 6.51. The fourth-order valence-electron chi connectivity index (χ4n) is 3.02. The fourth-order valence-corrected chi connectivity index (χ4v) is 3.65. The summed E-state index contributed by atoms with van der Waals surface area (Å²) in [5.41, 5.74) is 0.726. The Labute approximate surface area is 172 Å². The van der Waals surface area contributed by atoms with Gasteiger partial charge in [0.05, 0.1) is 4.90 Å². The summed E-state index contributed by atoms with van der Waals surface area (Å²) in [6.45, 7) is 2.05. The van der Waals surface area contributed by atoms with Crippen molar-refractivity contribution in [3.8, 4) is 11.5 Å². The molecule has 28 heavy (non-hydrogen) atoms. The number of carbonyl (C=O) groups is 1. The van der Waals surface area contributed by atoms with E-state index in [0.717, 1.165) is 31.6 Å². The van der Waals surface area contributed by atoms with E-state index in [9.17, 15) is 13.2 Å². The SMILES string of the molecule is CS(=O)(=O)c1ccc(Oc2ccc(NC(=O)CCC3CCNC3)cc2)cc1.Cl. The van der Waals surface area contributed by atoms with E-state index in [4.69, 9.17) is 4.74 Å². The summed E-state index contributed by atoms with van der Waals surface area (Å²) in [6, 6.07) is 13.4. The highest BCUT2D eigenvalue weighted by Gasteiger charge is 2.15. The molecule has 0 aliphatic carbocycles. The maximum atomic E-state index is 12.0. The second-order valence-electron chi connectivity index (χ2n) is 6.82. The smallest absolute Gasteiger partial charge is 0.224 e. The number of carbonyl (C=O) groups excluding carboxylic acids is 1. The van der Waals surface area contributed by atoms with Crippen molar-refractivity contribution in [3.05, 3.63) is 48.5 Å². The molecule has 0 aromatic heterocycles. The normalized spacial score (nSPS) is 16.2.